The molecule has 0 saturated heterocycles. The van der Waals surface area contributed by atoms with Crippen LogP contribution in [0.3, 0.4) is 0 Å². The van der Waals surface area contributed by atoms with E-state index in [1.165, 1.54) is 7.11 Å². The number of ether oxygens (including phenoxy) is 2. The van der Waals surface area contributed by atoms with Crippen LogP contribution in [0.4, 0.5) is 13.2 Å². The molecule has 94 valence electrons. The van der Waals surface area contributed by atoms with E-state index in [4.69, 9.17) is 4.74 Å². The van der Waals surface area contributed by atoms with Gasteiger partial charge in [0.05, 0.1) is 19.8 Å². The molecule has 7 heteroatoms. The predicted molar refractivity (Wildman–Crippen MR) is 48.8 cm³/mol. The van der Waals surface area contributed by atoms with Crippen molar-refractivity contribution < 1.29 is 27.4 Å². The quantitative estimate of drug-likeness (QED) is 0.741. The third-order valence-electron chi connectivity index (χ3n) is 2.69. The fourth-order valence-corrected chi connectivity index (χ4v) is 1.73. The molecule has 1 fully saturated rings. The average molecular weight is 241 g/mol. The fourth-order valence-electron chi connectivity index (χ4n) is 1.73. The number of hydrogen-bond acceptors (Lipinski definition) is 4. The van der Waals surface area contributed by atoms with Gasteiger partial charge in [-0.3, -0.25) is 10.1 Å². The summed E-state index contributed by atoms with van der Waals surface area (Å²) in [6.45, 7) is -1.21. The summed E-state index contributed by atoms with van der Waals surface area (Å²) in [5.74, 6) is -0.676. The highest BCUT2D eigenvalue weighted by atomic mass is 19.4. The minimum absolute atomic E-state index is 0.195. The number of alkyl halides is 3. The smallest absolute Gasteiger partial charge is 0.401 e. The van der Waals surface area contributed by atoms with Crippen LogP contribution in [-0.2, 0) is 14.3 Å². The maximum Gasteiger partial charge on any atom is 0.401 e. The molecule has 1 saturated carbocycles. The molecule has 1 aliphatic rings. The van der Waals surface area contributed by atoms with Crippen LogP contribution in [0.25, 0.3) is 0 Å². The molecule has 1 aliphatic carbocycles. The van der Waals surface area contributed by atoms with Gasteiger partial charge in [-0.1, -0.05) is 0 Å². The first kappa shape index (κ1) is 13.2. The number of methoxy groups -OCH3 is 2. The van der Waals surface area contributed by atoms with Gasteiger partial charge in [0.1, 0.15) is 5.54 Å². The van der Waals surface area contributed by atoms with Crippen LogP contribution in [0.5, 0.6) is 0 Å². The van der Waals surface area contributed by atoms with Crippen molar-refractivity contribution in [2.24, 2.45) is 0 Å². The number of carbonyl (C=O) groups is 1. The molecule has 0 aromatic heterocycles. The van der Waals surface area contributed by atoms with Crippen molar-refractivity contribution in [3.8, 4) is 0 Å². The van der Waals surface area contributed by atoms with Crippen LogP contribution in [0.1, 0.15) is 12.8 Å². The van der Waals surface area contributed by atoms with Gasteiger partial charge >= 0.3 is 12.1 Å². The Hall–Kier alpha value is -0.820. The second-order valence-electron chi connectivity index (χ2n) is 3.81. The number of esters is 1. The topological polar surface area (TPSA) is 47.6 Å². The summed E-state index contributed by atoms with van der Waals surface area (Å²) in [5, 5.41) is 2.21. The lowest BCUT2D eigenvalue weighted by atomic mass is 9.74. The van der Waals surface area contributed by atoms with Crippen LogP contribution >= 0.6 is 0 Å². The lowest BCUT2D eigenvalue weighted by Crippen LogP contribution is -2.64. The third kappa shape index (κ3) is 2.85. The molecule has 16 heavy (non-hydrogen) atoms. The molecular formula is C9H14F3NO3. The van der Waals surface area contributed by atoms with E-state index in [1.54, 1.807) is 0 Å². The van der Waals surface area contributed by atoms with Gasteiger partial charge in [0.25, 0.3) is 0 Å². The number of rotatable bonds is 4. The molecule has 0 radical (unpaired) electrons. The van der Waals surface area contributed by atoms with Crippen molar-refractivity contribution in [1.82, 2.24) is 5.32 Å². The van der Waals surface area contributed by atoms with Gasteiger partial charge in [-0.25, -0.2) is 0 Å². The van der Waals surface area contributed by atoms with Crippen molar-refractivity contribution in [2.45, 2.75) is 30.7 Å². The molecule has 0 unspecified atom stereocenters. The summed E-state index contributed by atoms with van der Waals surface area (Å²) in [5.41, 5.74) is -1.25. The Kier molecular flexibility index (Phi) is 3.80. The summed E-state index contributed by atoms with van der Waals surface area (Å²) in [4.78, 5) is 11.4. The van der Waals surface area contributed by atoms with Gasteiger partial charge < -0.3 is 9.47 Å². The van der Waals surface area contributed by atoms with Crippen molar-refractivity contribution >= 4 is 5.97 Å². The van der Waals surface area contributed by atoms with E-state index < -0.39 is 24.2 Å². The molecule has 0 aromatic carbocycles. The van der Waals surface area contributed by atoms with E-state index in [2.05, 4.69) is 10.1 Å². The second kappa shape index (κ2) is 4.58. The number of carbonyl (C=O) groups excluding carboxylic acids is 1. The van der Waals surface area contributed by atoms with Crippen LogP contribution < -0.4 is 5.32 Å². The first-order valence-electron chi connectivity index (χ1n) is 4.76. The zero-order valence-electron chi connectivity index (χ0n) is 9.06. The molecule has 1 N–H and O–H groups in total. The Morgan fingerprint density at radius 3 is 2.38 bits per heavy atom. The zero-order chi connectivity index (χ0) is 12.4. The Balaban J connectivity index is 2.57. The van der Waals surface area contributed by atoms with Gasteiger partial charge in [0, 0.05) is 20.0 Å². The summed E-state index contributed by atoms with van der Waals surface area (Å²) in [7, 11) is 2.61. The minimum atomic E-state index is -4.35. The van der Waals surface area contributed by atoms with Crippen LogP contribution in [-0.4, -0.2) is 44.6 Å². The highest BCUT2D eigenvalue weighted by Crippen LogP contribution is 2.36. The fraction of sp³-hybridized carbons (Fsp3) is 0.889. The van der Waals surface area contributed by atoms with Crippen molar-refractivity contribution in [3.05, 3.63) is 0 Å². The maximum atomic E-state index is 12.0. The molecule has 1 rings (SSSR count). The Morgan fingerprint density at radius 2 is 2.00 bits per heavy atom. The van der Waals surface area contributed by atoms with E-state index in [1.807, 2.05) is 0 Å². The minimum Gasteiger partial charge on any atom is -0.468 e. The van der Waals surface area contributed by atoms with Crippen molar-refractivity contribution in [3.63, 3.8) is 0 Å². The molecule has 0 bridgehead atoms. The van der Waals surface area contributed by atoms with Crippen LogP contribution in [0.2, 0.25) is 0 Å². The zero-order valence-corrected chi connectivity index (χ0v) is 9.06. The summed E-state index contributed by atoms with van der Waals surface area (Å²) in [6, 6.07) is 0. The van der Waals surface area contributed by atoms with E-state index in [0.717, 1.165) is 7.11 Å². The Morgan fingerprint density at radius 1 is 1.44 bits per heavy atom. The van der Waals surface area contributed by atoms with Gasteiger partial charge in [-0.2, -0.15) is 13.2 Å². The SMILES string of the molecule is COC(=O)C1(NCC(F)(F)F)CC(OC)C1. The number of hydrogen-bond donors (Lipinski definition) is 1. The second-order valence-corrected chi connectivity index (χ2v) is 3.81. The van der Waals surface area contributed by atoms with Gasteiger partial charge in [0.2, 0.25) is 0 Å². The highest BCUT2D eigenvalue weighted by molar-refractivity contribution is 5.82. The molecule has 0 atom stereocenters. The monoisotopic (exact) mass is 241 g/mol. The highest BCUT2D eigenvalue weighted by Gasteiger charge is 2.52. The Labute approximate surface area is 91.1 Å². The van der Waals surface area contributed by atoms with Crippen molar-refractivity contribution in [1.29, 1.82) is 0 Å². The number of halogens is 3. The summed E-state index contributed by atoms with van der Waals surface area (Å²) >= 11 is 0. The summed E-state index contributed by atoms with van der Waals surface area (Å²) in [6.07, 6.45) is -4.14. The largest absolute Gasteiger partial charge is 0.468 e. The van der Waals surface area contributed by atoms with Gasteiger partial charge in [-0.15, -0.1) is 0 Å². The molecular weight excluding hydrogens is 227 g/mol. The lowest BCUT2D eigenvalue weighted by Gasteiger charge is -2.44. The first-order chi connectivity index (χ1) is 7.33. The number of nitrogens with one attached hydrogen (secondary N) is 1. The molecule has 4 nitrogen and oxygen atoms in total. The molecule has 0 aliphatic heterocycles. The van der Waals surface area contributed by atoms with E-state index in [0.29, 0.717) is 0 Å². The average Bonchev–Trinajstić information content (AvgIpc) is 2.14. The van der Waals surface area contributed by atoms with E-state index in [-0.39, 0.29) is 18.9 Å². The van der Waals surface area contributed by atoms with E-state index in [9.17, 15) is 18.0 Å². The third-order valence-corrected chi connectivity index (χ3v) is 2.69. The normalized spacial score (nSPS) is 29.7. The van der Waals surface area contributed by atoms with E-state index >= 15 is 0 Å². The van der Waals surface area contributed by atoms with Gasteiger partial charge in [0.15, 0.2) is 0 Å². The summed E-state index contributed by atoms with van der Waals surface area (Å²) < 4.78 is 45.6. The predicted octanol–water partition coefficient (Wildman–Crippen LogP) is 0.859. The van der Waals surface area contributed by atoms with Gasteiger partial charge in [-0.05, 0) is 0 Å². The Bertz CT molecular complexity index is 261. The van der Waals surface area contributed by atoms with Crippen LogP contribution in [0.15, 0.2) is 0 Å². The molecule has 0 amide bonds. The maximum absolute atomic E-state index is 12.0. The molecule has 0 spiro atoms. The standard InChI is InChI=1S/C9H14F3NO3/c1-15-6-3-8(4-6,7(14)16-2)13-5-9(10,11)12/h6,13H,3-5H2,1-2H3. The lowest BCUT2D eigenvalue weighted by molar-refractivity contribution is -0.167. The van der Waals surface area contributed by atoms with Crippen LogP contribution in [0, 0.1) is 0 Å². The molecule has 0 heterocycles. The molecule has 0 aromatic rings. The van der Waals surface area contributed by atoms with Crippen molar-refractivity contribution in [2.75, 3.05) is 20.8 Å². The first-order valence-corrected chi connectivity index (χ1v) is 4.76.